The lowest BCUT2D eigenvalue weighted by Gasteiger charge is -2.41. The molecule has 1 saturated heterocycles. The summed E-state index contributed by atoms with van der Waals surface area (Å²) < 4.78 is 5.47. The maximum atomic E-state index is 12.2. The van der Waals surface area contributed by atoms with E-state index in [1.165, 1.54) is 10.8 Å². The van der Waals surface area contributed by atoms with Gasteiger partial charge >= 0.3 is 6.09 Å². The maximum Gasteiger partial charge on any atom is 0.410 e. The summed E-state index contributed by atoms with van der Waals surface area (Å²) in [6.45, 7) is 13.5. The van der Waals surface area contributed by atoms with Crippen LogP contribution in [0.3, 0.4) is 0 Å². The molecule has 0 aliphatic carbocycles. The van der Waals surface area contributed by atoms with Crippen LogP contribution in [-0.4, -0.2) is 31.2 Å². The van der Waals surface area contributed by atoms with Crippen molar-refractivity contribution in [3.05, 3.63) is 29.8 Å². The van der Waals surface area contributed by atoms with E-state index in [0.29, 0.717) is 0 Å². The Morgan fingerprint density at radius 2 is 1.76 bits per heavy atom. The largest absolute Gasteiger partial charge is 0.444 e. The average molecular weight is 305 g/mol. The molecular weight excluding hydrogens is 278 g/mol. The van der Waals surface area contributed by atoms with Gasteiger partial charge in [-0.2, -0.15) is 0 Å². The first-order valence-corrected chi connectivity index (χ1v) is 11.2. The molecule has 1 atom stereocenters. The summed E-state index contributed by atoms with van der Waals surface area (Å²) in [7, 11) is -1.26. The molecule has 1 aliphatic rings. The first-order chi connectivity index (χ1) is 9.58. The van der Waals surface area contributed by atoms with Crippen LogP contribution in [0.2, 0.25) is 19.6 Å². The minimum Gasteiger partial charge on any atom is -0.444 e. The van der Waals surface area contributed by atoms with E-state index in [1.807, 2.05) is 25.7 Å². The highest BCUT2D eigenvalue weighted by molar-refractivity contribution is 6.88. The van der Waals surface area contributed by atoms with E-state index in [2.05, 4.69) is 43.9 Å². The van der Waals surface area contributed by atoms with Crippen LogP contribution in [0.25, 0.3) is 0 Å². The Kier molecular flexibility index (Phi) is 4.20. The van der Waals surface area contributed by atoms with Crippen LogP contribution in [-0.2, 0) is 4.74 Å². The number of likely N-dealkylation sites (tertiary alicyclic amines) is 1. The molecule has 1 aromatic carbocycles. The van der Waals surface area contributed by atoms with E-state index < -0.39 is 13.7 Å². The number of rotatable bonds is 2. The highest BCUT2D eigenvalue weighted by atomic mass is 28.3. The molecule has 1 amide bonds. The zero-order chi connectivity index (χ0) is 15.8. The Bertz CT molecular complexity index is 511. The van der Waals surface area contributed by atoms with E-state index in [0.717, 1.165) is 13.0 Å². The van der Waals surface area contributed by atoms with Gasteiger partial charge < -0.3 is 9.64 Å². The van der Waals surface area contributed by atoms with Crippen molar-refractivity contribution in [3.8, 4) is 0 Å². The molecule has 0 N–H and O–H groups in total. The number of carbonyl (C=O) groups excluding carboxylic acids is 1. The van der Waals surface area contributed by atoms with Gasteiger partial charge in [-0.25, -0.2) is 4.79 Å². The number of hydrogen-bond acceptors (Lipinski definition) is 2. The summed E-state index contributed by atoms with van der Waals surface area (Å²) in [5.41, 5.74) is 0.785. The average Bonchev–Trinajstić information content (AvgIpc) is 2.24. The third-order valence-electron chi connectivity index (χ3n) is 3.81. The van der Waals surface area contributed by atoms with Crippen molar-refractivity contribution in [1.82, 2.24) is 4.90 Å². The molecule has 0 spiro atoms. The number of carbonyl (C=O) groups is 1. The van der Waals surface area contributed by atoms with Gasteiger partial charge in [0.15, 0.2) is 0 Å². The topological polar surface area (TPSA) is 29.5 Å². The van der Waals surface area contributed by atoms with E-state index in [-0.39, 0.29) is 12.1 Å². The van der Waals surface area contributed by atoms with Gasteiger partial charge in [0.1, 0.15) is 5.60 Å². The van der Waals surface area contributed by atoms with E-state index in [9.17, 15) is 4.79 Å². The number of nitrogens with zero attached hydrogens (tertiary/aromatic N) is 1. The van der Waals surface area contributed by atoms with Crippen molar-refractivity contribution >= 4 is 19.4 Å². The van der Waals surface area contributed by atoms with Crippen LogP contribution in [0, 0.1) is 0 Å². The lowest BCUT2D eigenvalue weighted by molar-refractivity contribution is -0.00573. The third kappa shape index (κ3) is 3.88. The van der Waals surface area contributed by atoms with Crippen molar-refractivity contribution in [3.63, 3.8) is 0 Å². The second-order valence-corrected chi connectivity index (χ2v) is 12.9. The van der Waals surface area contributed by atoms with Gasteiger partial charge in [0.05, 0.1) is 14.1 Å². The molecular formula is C17H27NO2Si. The molecule has 21 heavy (non-hydrogen) atoms. The number of benzene rings is 1. The number of hydrogen-bond donors (Lipinski definition) is 0. The molecule has 0 bridgehead atoms. The summed E-state index contributed by atoms with van der Waals surface area (Å²) in [5, 5.41) is 1.45. The Balaban J connectivity index is 2.07. The lowest BCUT2D eigenvalue weighted by Crippen LogP contribution is -2.47. The maximum absolute atomic E-state index is 12.2. The van der Waals surface area contributed by atoms with Crippen LogP contribution >= 0.6 is 0 Å². The van der Waals surface area contributed by atoms with Crippen molar-refractivity contribution in [2.75, 3.05) is 6.54 Å². The van der Waals surface area contributed by atoms with Crippen LogP contribution in [0.5, 0.6) is 0 Å². The standard InChI is InChI=1S/C17H27NO2Si/c1-17(2,3)20-16(19)18-12-11-15(18)13-7-9-14(10-8-13)21(4,5)6/h7-10,15H,11-12H2,1-6H3. The van der Waals surface area contributed by atoms with Crippen molar-refractivity contribution in [2.24, 2.45) is 0 Å². The molecule has 1 aliphatic heterocycles. The molecule has 1 aromatic rings. The Labute approximate surface area is 129 Å². The van der Waals surface area contributed by atoms with Gasteiger partial charge in [0, 0.05) is 6.54 Å². The summed E-state index contributed by atoms with van der Waals surface area (Å²) in [5.74, 6) is 0. The van der Waals surface area contributed by atoms with Crippen LogP contribution in [0.4, 0.5) is 4.79 Å². The van der Waals surface area contributed by atoms with Gasteiger partial charge in [0.2, 0.25) is 0 Å². The molecule has 3 nitrogen and oxygen atoms in total. The third-order valence-corrected chi connectivity index (χ3v) is 5.87. The second kappa shape index (κ2) is 5.48. The summed E-state index contributed by atoms with van der Waals surface area (Å²) in [6.07, 6.45) is 0.818. The summed E-state index contributed by atoms with van der Waals surface area (Å²) in [6, 6.07) is 8.99. The molecule has 1 unspecified atom stereocenters. The fraction of sp³-hybridized carbons (Fsp3) is 0.588. The van der Waals surface area contributed by atoms with Crippen molar-refractivity contribution < 1.29 is 9.53 Å². The first-order valence-electron chi connectivity index (χ1n) is 7.68. The van der Waals surface area contributed by atoms with Crippen LogP contribution in [0.1, 0.15) is 38.8 Å². The predicted octanol–water partition coefficient (Wildman–Crippen LogP) is 3.91. The predicted molar refractivity (Wildman–Crippen MR) is 89.7 cm³/mol. The van der Waals surface area contributed by atoms with Crippen LogP contribution < -0.4 is 5.19 Å². The number of ether oxygens (including phenoxy) is 1. The van der Waals surface area contributed by atoms with Gasteiger partial charge in [-0.1, -0.05) is 49.1 Å². The molecule has 1 heterocycles. The minimum absolute atomic E-state index is 0.176. The Hall–Kier alpha value is -1.29. The fourth-order valence-corrected chi connectivity index (χ4v) is 3.64. The molecule has 0 radical (unpaired) electrons. The van der Waals surface area contributed by atoms with Gasteiger partial charge in [-0.3, -0.25) is 0 Å². The van der Waals surface area contributed by atoms with Gasteiger partial charge in [-0.15, -0.1) is 0 Å². The van der Waals surface area contributed by atoms with E-state index in [1.54, 1.807) is 0 Å². The fourth-order valence-electron chi connectivity index (χ4n) is 2.48. The Morgan fingerprint density at radius 1 is 1.19 bits per heavy atom. The molecule has 2 rings (SSSR count). The smallest absolute Gasteiger partial charge is 0.410 e. The van der Waals surface area contributed by atoms with Crippen molar-refractivity contribution in [2.45, 2.75) is 58.5 Å². The zero-order valence-electron chi connectivity index (χ0n) is 14.1. The second-order valence-electron chi connectivity index (χ2n) is 7.85. The summed E-state index contributed by atoms with van der Waals surface area (Å²) in [4.78, 5) is 14.0. The normalized spacial score (nSPS) is 19.1. The highest BCUT2D eigenvalue weighted by Crippen LogP contribution is 2.34. The Morgan fingerprint density at radius 3 is 2.14 bits per heavy atom. The van der Waals surface area contributed by atoms with Gasteiger partial charge in [0.25, 0.3) is 0 Å². The zero-order valence-corrected chi connectivity index (χ0v) is 15.1. The monoisotopic (exact) mass is 305 g/mol. The molecule has 0 aromatic heterocycles. The molecule has 116 valence electrons. The summed E-state index contributed by atoms with van der Waals surface area (Å²) >= 11 is 0. The molecule has 1 fully saturated rings. The highest BCUT2D eigenvalue weighted by Gasteiger charge is 2.36. The van der Waals surface area contributed by atoms with Gasteiger partial charge in [-0.05, 0) is 32.8 Å². The quantitative estimate of drug-likeness (QED) is 0.775. The lowest BCUT2D eigenvalue weighted by atomic mass is 9.95. The molecule has 0 saturated carbocycles. The van der Waals surface area contributed by atoms with E-state index in [4.69, 9.17) is 4.74 Å². The SMILES string of the molecule is CC(C)(C)OC(=O)N1CCC1c1ccc([Si](C)(C)C)cc1. The first kappa shape index (κ1) is 16.1. The number of amides is 1. The minimum atomic E-state index is -1.26. The van der Waals surface area contributed by atoms with Crippen molar-refractivity contribution in [1.29, 1.82) is 0 Å². The molecule has 4 heteroatoms. The van der Waals surface area contributed by atoms with Crippen LogP contribution in [0.15, 0.2) is 24.3 Å². The van der Waals surface area contributed by atoms with E-state index >= 15 is 0 Å².